The van der Waals surface area contributed by atoms with Gasteiger partial charge in [0.25, 0.3) is 11.8 Å². The molecule has 2 aromatic rings. The third-order valence-electron chi connectivity index (χ3n) is 4.65. The molecule has 0 atom stereocenters. The molecule has 5 nitrogen and oxygen atoms in total. The minimum Gasteiger partial charge on any atom is -0.484 e. The normalized spacial score (nSPS) is 14.2. The maximum Gasteiger partial charge on any atom is 0.260 e. The second kappa shape index (κ2) is 8.04. The third kappa shape index (κ3) is 4.23. The molecule has 136 valence electrons. The van der Waals surface area contributed by atoms with E-state index in [2.05, 4.69) is 0 Å². The quantitative estimate of drug-likeness (QED) is 0.850. The number of aryl methyl sites for hydroxylation is 2. The molecule has 5 heteroatoms. The summed E-state index contributed by atoms with van der Waals surface area (Å²) in [7, 11) is 0. The van der Waals surface area contributed by atoms with E-state index in [9.17, 15) is 9.59 Å². The topological polar surface area (TPSA) is 49.9 Å². The zero-order valence-electron chi connectivity index (χ0n) is 15.3. The number of benzene rings is 2. The van der Waals surface area contributed by atoms with E-state index in [1.165, 1.54) is 0 Å². The molecule has 26 heavy (non-hydrogen) atoms. The van der Waals surface area contributed by atoms with E-state index in [0.717, 1.165) is 16.7 Å². The van der Waals surface area contributed by atoms with Crippen molar-refractivity contribution in [3.8, 4) is 5.75 Å². The number of para-hydroxylation sites is 1. The number of hydrogen-bond acceptors (Lipinski definition) is 3. The van der Waals surface area contributed by atoms with Gasteiger partial charge in [-0.15, -0.1) is 0 Å². The summed E-state index contributed by atoms with van der Waals surface area (Å²) in [4.78, 5) is 28.7. The van der Waals surface area contributed by atoms with E-state index < -0.39 is 0 Å². The van der Waals surface area contributed by atoms with Crippen LogP contribution in [0.15, 0.2) is 48.5 Å². The molecule has 0 spiro atoms. The first kappa shape index (κ1) is 18.0. The molecule has 0 aliphatic carbocycles. The van der Waals surface area contributed by atoms with Crippen LogP contribution >= 0.6 is 0 Å². The zero-order valence-corrected chi connectivity index (χ0v) is 15.3. The fourth-order valence-electron chi connectivity index (χ4n) is 3.05. The molecule has 2 aromatic carbocycles. The van der Waals surface area contributed by atoms with Gasteiger partial charge in [0.1, 0.15) is 5.75 Å². The summed E-state index contributed by atoms with van der Waals surface area (Å²) >= 11 is 0. The molecule has 1 aliphatic rings. The van der Waals surface area contributed by atoms with Gasteiger partial charge >= 0.3 is 0 Å². The largest absolute Gasteiger partial charge is 0.484 e. The summed E-state index contributed by atoms with van der Waals surface area (Å²) in [6.45, 7) is 6.12. The van der Waals surface area contributed by atoms with Crippen LogP contribution in [-0.2, 0) is 4.79 Å². The highest BCUT2D eigenvalue weighted by Crippen LogP contribution is 2.15. The minimum absolute atomic E-state index is 0.0228. The molecule has 1 aliphatic heterocycles. The molecule has 1 saturated heterocycles. The van der Waals surface area contributed by atoms with Crippen LogP contribution in [0.1, 0.15) is 21.5 Å². The van der Waals surface area contributed by atoms with Crippen molar-refractivity contribution in [1.29, 1.82) is 0 Å². The summed E-state index contributed by atoms with van der Waals surface area (Å²) in [6, 6.07) is 15.2. The Morgan fingerprint density at radius 3 is 2.27 bits per heavy atom. The molecular weight excluding hydrogens is 328 g/mol. The van der Waals surface area contributed by atoms with Gasteiger partial charge in [-0.2, -0.15) is 0 Å². The maximum absolute atomic E-state index is 12.8. The molecular formula is C21H24N2O3. The molecule has 2 amide bonds. The lowest BCUT2D eigenvalue weighted by Crippen LogP contribution is -2.51. The van der Waals surface area contributed by atoms with E-state index >= 15 is 0 Å². The Balaban J connectivity index is 1.53. The van der Waals surface area contributed by atoms with Crippen LogP contribution in [0.4, 0.5) is 0 Å². The lowest BCUT2D eigenvalue weighted by molar-refractivity contribution is -0.134. The van der Waals surface area contributed by atoms with Crippen molar-refractivity contribution in [1.82, 2.24) is 9.80 Å². The van der Waals surface area contributed by atoms with Gasteiger partial charge in [0, 0.05) is 31.7 Å². The Hall–Kier alpha value is -2.82. The van der Waals surface area contributed by atoms with Gasteiger partial charge < -0.3 is 14.5 Å². The zero-order chi connectivity index (χ0) is 18.5. The number of carbonyl (C=O) groups excluding carboxylic acids is 2. The van der Waals surface area contributed by atoms with E-state index in [-0.39, 0.29) is 18.4 Å². The molecule has 0 unspecified atom stereocenters. The molecule has 1 heterocycles. The first-order chi connectivity index (χ1) is 12.5. The van der Waals surface area contributed by atoms with Crippen LogP contribution in [0.5, 0.6) is 5.75 Å². The van der Waals surface area contributed by atoms with Gasteiger partial charge in [-0.3, -0.25) is 9.59 Å². The monoisotopic (exact) mass is 352 g/mol. The first-order valence-corrected chi connectivity index (χ1v) is 8.87. The lowest BCUT2D eigenvalue weighted by Gasteiger charge is -2.35. The number of amides is 2. The van der Waals surface area contributed by atoms with Crippen LogP contribution in [0.2, 0.25) is 0 Å². The number of nitrogens with zero attached hydrogens (tertiary/aromatic N) is 2. The minimum atomic E-state index is -0.0484. The molecule has 0 radical (unpaired) electrons. The third-order valence-corrected chi connectivity index (χ3v) is 4.65. The molecule has 0 bridgehead atoms. The number of piperazine rings is 1. The van der Waals surface area contributed by atoms with Gasteiger partial charge in [0.2, 0.25) is 0 Å². The van der Waals surface area contributed by atoms with Crippen LogP contribution in [0.3, 0.4) is 0 Å². The van der Waals surface area contributed by atoms with Crippen molar-refractivity contribution in [2.24, 2.45) is 0 Å². The van der Waals surface area contributed by atoms with Gasteiger partial charge in [-0.05, 0) is 37.6 Å². The molecule has 0 aromatic heterocycles. The van der Waals surface area contributed by atoms with Crippen molar-refractivity contribution in [3.63, 3.8) is 0 Å². The Bertz CT molecular complexity index is 781. The Kier molecular flexibility index (Phi) is 5.56. The van der Waals surface area contributed by atoms with Crippen LogP contribution in [0, 0.1) is 13.8 Å². The summed E-state index contributed by atoms with van der Waals surface area (Å²) in [5.74, 6) is 0.677. The van der Waals surface area contributed by atoms with Crippen molar-refractivity contribution >= 4 is 11.8 Å². The van der Waals surface area contributed by atoms with Gasteiger partial charge in [0.15, 0.2) is 6.61 Å². The Labute approximate surface area is 154 Å². The number of carbonyl (C=O) groups is 2. The van der Waals surface area contributed by atoms with E-state index in [4.69, 9.17) is 4.74 Å². The average molecular weight is 352 g/mol. The number of hydrogen-bond donors (Lipinski definition) is 0. The highest BCUT2D eigenvalue weighted by molar-refractivity contribution is 5.96. The van der Waals surface area contributed by atoms with Crippen molar-refractivity contribution < 1.29 is 14.3 Å². The van der Waals surface area contributed by atoms with Crippen LogP contribution < -0.4 is 4.74 Å². The van der Waals surface area contributed by atoms with Gasteiger partial charge in [-0.1, -0.05) is 35.9 Å². The highest BCUT2D eigenvalue weighted by atomic mass is 16.5. The van der Waals surface area contributed by atoms with E-state index in [0.29, 0.717) is 31.9 Å². The van der Waals surface area contributed by atoms with Crippen LogP contribution in [-0.4, -0.2) is 54.4 Å². The van der Waals surface area contributed by atoms with Crippen molar-refractivity contribution in [3.05, 3.63) is 65.2 Å². The first-order valence-electron chi connectivity index (χ1n) is 8.87. The van der Waals surface area contributed by atoms with E-state index in [1.807, 2.05) is 67.3 Å². The SMILES string of the molecule is Cc1ccc(C)c(C(=O)N2CCN(C(=O)COc3ccccc3)CC2)c1. The van der Waals surface area contributed by atoms with Crippen LogP contribution in [0.25, 0.3) is 0 Å². The summed E-state index contributed by atoms with van der Waals surface area (Å²) < 4.78 is 5.52. The molecule has 1 fully saturated rings. The number of rotatable bonds is 4. The number of ether oxygens (including phenoxy) is 1. The average Bonchev–Trinajstić information content (AvgIpc) is 2.68. The fourth-order valence-corrected chi connectivity index (χ4v) is 3.05. The fraction of sp³-hybridized carbons (Fsp3) is 0.333. The highest BCUT2D eigenvalue weighted by Gasteiger charge is 2.25. The Morgan fingerprint density at radius 2 is 1.58 bits per heavy atom. The van der Waals surface area contributed by atoms with Gasteiger partial charge in [0.05, 0.1) is 0 Å². The Morgan fingerprint density at radius 1 is 0.923 bits per heavy atom. The second-order valence-electron chi connectivity index (χ2n) is 6.59. The maximum atomic E-state index is 12.8. The molecule has 3 rings (SSSR count). The van der Waals surface area contributed by atoms with Crippen molar-refractivity contribution in [2.45, 2.75) is 13.8 Å². The predicted octanol–water partition coefficient (Wildman–Crippen LogP) is 2.67. The smallest absolute Gasteiger partial charge is 0.260 e. The summed E-state index contributed by atoms with van der Waals surface area (Å²) in [6.07, 6.45) is 0. The summed E-state index contributed by atoms with van der Waals surface area (Å²) in [5.41, 5.74) is 2.80. The standard InChI is InChI=1S/C21H24N2O3/c1-16-8-9-17(2)19(14-16)21(25)23-12-10-22(11-13-23)20(24)15-26-18-6-4-3-5-7-18/h3-9,14H,10-13,15H2,1-2H3. The second-order valence-corrected chi connectivity index (χ2v) is 6.59. The van der Waals surface area contributed by atoms with Crippen molar-refractivity contribution in [2.75, 3.05) is 32.8 Å². The molecule has 0 saturated carbocycles. The molecule has 0 N–H and O–H groups in total. The predicted molar refractivity (Wildman–Crippen MR) is 100 cm³/mol. The lowest BCUT2D eigenvalue weighted by atomic mass is 10.0. The van der Waals surface area contributed by atoms with E-state index in [1.54, 1.807) is 4.90 Å². The summed E-state index contributed by atoms with van der Waals surface area (Å²) in [5, 5.41) is 0. The van der Waals surface area contributed by atoms with Gasteiger partial charge in [-0.25, -0.2) is 0 Å².